The zero-order valence-corrected chi connectivity index (χ0v) is 18.4. The first-order valence-corrected chi connectivity index (χ1v) is 11.2. The van der Waals surface area contributed by atoms with Gasteiger partial charge in [0.15, 0.2) is 0 Å². The zero-order valence-electron chi connectivity index (χ0n) is 18.4. The van der Waals surface area contributed by atoms with Crippen molar-refractivity contribution >= 4 is 23.3 Å². The highest BCUT2D eigenvalue weighted by atomic mass is 16.3. The van der Waals surface area contributed by atoms with Gasteiger partial charge in [-0.15, -0.1) is 0 Å². The van der Waals surface area contributed by atoms with Gasteiger partial charge in [-0.3, -0.25) is 9.69 Å². The lowest BCUT2D eigenvalue weighted by atomic mass is 9.78. The fourth-order valence-electron chi connectivity index (χ4n) is 4.80. The summed E-state index contributed by atoms with van der Waals surface area (Å²) in [7, 11) is 0. The standard InChI is InChI=1S/C25H31N3O3/c1-4-18-12-14-19(15-13-18)28-24(30)27-22-10-6-5-9-20(22)25(28,31)23(29)26-21-11-7-8-16(2)17(21)3/h5-6,9-10,12-17,21,31H,4,7-8,11H2,1-3H3,(H,26,29)(H,27,30)/t16-,17-,21-,25+/m0/s1. The molecule has 2 aromatic rings. The Morgan fingerprint density at radius 3 is 2.58 bits per heavy atom. The molecule has 164 valence electrons. The van der Waals surface area contributed by atoms with Gasteiger partial charge in [-0.2, -0.15) is 0 Å². The van der Waals surface area contributed by atoms with E-state index in [0.717, 1.165) is 31.2 Å². The molecule has 1 heterocycles. The minimum absolute atomic E-state index is 0.0401. The Hall–Kier alpha value is -2.86. The molecular formula is C25H31N3O3. The van der Waals surface area contributed by atoms with Crippen molar-refractivity contribution in [3.8, 4) is 0 Å². The molecule has 0 aromatic heterocycles. The third-order valence-corrected chi connectivity index (χ3v) is 7.01. The molecule has 2 aromatic carbocycles. The van der Waals surface area contributed by atoms with Crippen molar-refractivity contribution in [2.45, 2.75) is 58.2 Å². The predicted molar refractivity (Wildman–Crippen MR) is 122 cm³/mol. The summed E-state index contributed by atoms with van der Waals surface area (Å²) in [4.78, 5) is 28.0. The minimum atomic E-state index is -2.15. The SMILES string of the molecule is CCc1ccc(N2C(=O)Nc3ccccc3[C@@]2(O)C(=O)N[C@H]2CCC[C@H](C)[C@@H]2C)cc1. The molecule has 1 aliphatic heterocycles. The number of benzene rings is 2. The molecule has 1 saturated carbocycles. The van der Waals surface area contributed by atoms with Gasteiger partial charge in [-0.1, -0.05) is 63.9 Å². The van der Waals surface area contributed by atoms with Gasteiger partial charge in [0.1, 0.15) is 0 Å². The van der Waals surface area contributed by atoms with E-state index >= 15 is 0 Å². The van der Waals surface area contributed by atoms with E-state index in [9.17, 15) is 14.7 Å². The van der Waals surface area contributed by atoms with Gasteiger partial charge in [-0.25, -0.2) is 4.79 Å². The van der Waals surface area contributed by atoms with E-state index in [4.69, 9.17) is 0 Å². The average Bonchev–Trinajstić information content (AvgIpc) is 2.77. The van der Waals surface area contributed by atoms with Crippen LogP contribution in [0.4, 0.5) is 16.2 Å². The largest absolute Gasteiger partial charge is 0.359 e. The molecule has 0 bridgehead atoms. The number of amides is 3. The number of carbonyl (C=O) groups excluding carboxylic acids is 2. The lowest BCUT2D eigenvalue weighted by Crippen LogP contribution is -2.64. The molecule has 3 amide bonds. The van der Waals surface area contributed by atoms with Crippen molar-refractivity contribution in [2.24, 2.45) is 11.8 Å². The highest BCUT2D eigenvalue weighted by molar-refractivity contribution is 6.11. The van der Waals surface area contributed by atoms with E-state index in [1.54, 1.807) is 36.4 Å². The van der Waals surface area contributed by atoms with E-state index in [0.29, 0.717) is 28.8 Å². The number of nitrogens with one attached hydrogen (secondary N) is 2. The van der Waals surface area contributed by atoms with Crippen LogP contribution >= 0.6 is 0 Å². The van der Waals surface area contributed by atoms with Gasteiger partial charge in [0.25, 0.3) is 11.6 Å². The Morgan fingerprint density at radius 1 is 1.16 bits per heavy atom. The van der Waals surface area contributed by atoms with Crippen LogP contribution in [0, 0.1) is 11.8 Å². The van der Waals surface area contributed by atoms with Gasteiger partial charge in [0.05, 0.1) is 5.69 Å². The number of nitrogens with zero attached hydrogens (tertiary/aromatic N) is 1. The zero-order chi connectivity index (χ0) is 22.2. The van der Waals surface area contributed by atoms with Crippen molar-refractivity contribution in [2.75, 3.05) is 10.2 Å². The number of urea groups is 1. The number of rotatable bonds is 4. The third-order valence-electron chi connectivity index (χ3n) is 7.01. The lowest BCUT2D eigenvalue weighted by Gasteiger charge is -2.44. The number of hydrogen-bond donors (Lipinski definition) is 3. The molecule has 1 aliphatic carbocycles. The normalized spacial score (nSPS) is 27.9. The first-order valence-electron chi connectivity index (χ1n) is 11.2. The first kappa shape index (κ1) is 21.4. The summed E-state index contributed by atoms with van der Waals surface area (Å²) in [5.41, 5.74) is 0.235. The van der Waals surface area contributed by atoms with Crippen LogP contribution in [0.2, 0.25) is 0 Å². The molecule has 4 rings (SSSR count). The van der Waals surface area contributed by atoms with Crippen molar-refractivity contribution in [3.05, 3.63) is 59.7 Å². The first-order chi connectivity index (χ1) is 14.9. The van der Waals surface area contributed by atoms with E-state index < -0.39 is 17.7 Å². The van der Waals surface area contributed by atoms with E-state index in [1.165, 1.54) is 4.90 Å². The lowest BCUT2D eigenvalue weighted by molar-refractivity contribution is -0.141. The highest BCUT2D eigenvalue weighted by Gasteiger charge is 2.52. The van der Waals surface area contributed by atoms with Gasteiger partial charge in [-0.05, 0) is 48.4 Å². The molecule has 31 heavy (non-hydrogen) atoms. The molecule has 4 atom stereocenters. The number of hydrogen-bond acceptors (Lipinski definition) is 3. The summed E-state index contributed by atoms with van der Waals surface area (Å²) >= 11 is 0. The third kappa shape index (κ3) is 3.69. The Labute approximate surface area is 183 Å². The van der Waals surface area contributed by atoms with Crippen molar-refractivity contribution in [3.63, 3.8) is 0 Å². The maximum Gasteiger partial charge on any atom is 0.329 e. The topological polar surface area (TPSA) is 81.7 Å². The summed E-state index contributed by atoms with van der Waals surface area (Å²) in [6.45, 7) is 6.39. The molecule has 0 radical (unpaired) electrons. The average molecular weight is 422 g/mol. The maximum atomic E-state index is 13.7. The number of aliphatic hydroxyl groups is 1. The van der Waals surface area contributed by atoms with Crippen LogP contribution in [0.1, 0.15) is 51.2 Å². The van der Waals surface area contributed by atoms with Gasteiger partial charge in [0.2, 0.25) is 0 Å². The van der Waals surface area contributed by atoms with Crippen LogP contribution in [0.5, 0.6) is 0 Å². The van der Waals surface area contributed by atoms with E-state index in [2.05, 4.69) is 31.4 Å². The van der Waals surface area contributed by atoms with Crippen molar-refractivity contribution in [1.82, 2.24) is 5.32 Å². The molecule has 0 saturated heterocycles. The second-order valence-electron chi connectivity index (χ2n) is 8.85. The Kier molecular flexibility index (Phi) is 5.75. The fraction of sp³-hybridized carbons (Fsp3) is 0.440. The van der Waals surface area contributed by atoms with E-state index in [-0.39, 0.29) is 6.04 Å². The molecule has 2 aliphatic rings. The number of anilines is 2. The fourth-order valence-corrected chi connectivity index (χ4v) is 4.80. The molecule has 0 spiro atoms. The molecule has 6 nitrogen and oxygen atoms in total. The number of fused-ring (bicyclic) bond motifs is 1. The summed E-state index contributed by atoms with van der Waals surface area (Å²) in [5, 5.41) is 17.8. The Balaban J connectivity index is 1.76. The van der Waals surface area contributed by atoms with Crippen LogP contribution < -0.4 is 15.5 Å². The summed E-state index contributed by atoms with van der Waals surface area (Å²) in [5.74, 6) is 0.222. The Bertz CT molecular complexity index is 974. The molecular weight excluding hydrogens is 390 g/mol. The maximum absolute atomic E-state index is 13.7. The van der Waals surface area contributed by atoms with Crippen LogP contribution in [0.15, 0.2) is 48.5 Å². The number of para-hydroxylation sites is 1. The summed E-state index contributed by atoms with van der Waals surface area (Å²) < 4.78 is 0. The highest BCUT2D eigenvalue weighted by Crippen LogP contribution is 2.40. The van der Waals surface area contributed by atoms with Crippen LogP contribution in [-0.2, 0) is 16.9 Å². The van der Waals surface area contributed by atoms with Crippen molar-refractivity contribution < 1.29 is 14.7 Å². The molecule has 6 heteroatoms. The van der Waals surface area contributed by atoms with Crippen molar-refractivity contribution in [1.29, 1.82) is 0 Å². The molecule has 3 N–H and O–H groups in total. The second kappa shape index (κ2) is 8.35. The quantitative estimate of drug-likeness (QED) is 0.685. The smallest absolute Gasteiger partial charge is 0.329 e. The van der Waals surface area contributed by atoms with Gasteiger partial charge >= 0.3 is 6.03 Å². The molecule has 0 unspecified atom stereocenters. The monoisotopic (exact) mass is 421 g/mol. The van der Waals surface area contributed by atoms with Gasteiger partial charge < -0.3 is 15.7 Å². The second-order valence-corrected chi connectivity index (χ2v) is 8.85. The van der Waals surface area contributed by atoms with E-state index in [1.807, 2.05) is 12.1 Å². The minimum Gasteiger partial charge on any atom is -0.359 e. The van der Waals surface area contributed by atoms with Crippen LogP contribution in [-0.4, -0.2) is 23.1 Å². The summed E-state index contributed by atoms with van der Waals surface area (Å²) in [6, 6.07) is 13.7. The summed E-state index contributed by atoms with van der Waals surface area (Å²) in [6.07, 6.45) is 3.90. The number of aryl methyl sites for hydroxylation is 1. The van der Waals surface area contributed by atoms with Crippen LogP contribution in [0.3, 0.4) is 0 Å². The Morgan fingerprint density at radius 2 is 1.87 bits per heavy atom. The van der Waals surface area contributed by atoms with Crippen LogP contribution in [0.25, 0.3) is 0 Å². The van der Waals surface area contributed by atoms with Gasteiger partial charge in [0, 0.05) is 17.3 Å². The number of carbonyl (C=O) groups is 2. The predicted octanol–water partition coefficient (Wildman–Crippen LogP) is 4.39. The molecule has 1 fully saturated rings.